The van der Waals surface area contributed by atoms with E-state index in [-0.39, 0.29) is 5.54 Å². The molecular formula is C14H30N2O2. The maximum atomic E-state index is 6.11. The number of hydrogen-bond donors (Lipinski definition) is 1. The zero-order valence-electron chi connectivity index (χ0n) is 12.4. The molecular weight excluding hydrogens is 228 g/mol. The zero-order chi connectivity index (χ0) is 13.6. The van der Waals surface area contributed by atoms with Crippen LogP contribution in [0.4, 0.5) is 0 Å². The molecule has 108 valence electrons. The molecule has 1 rings (SSSR count). The minimum absolute atomic E-state index is 0.149. The summed E-state index contributed by atoms with van der Waals surface area (Å²) in [5, 5.41) is 0. The van der Waals surface area contributed by atoms with Gasteiger partial charge in [-0.1, -0.05) is 6.92 Å². The van der Waals surface area contributed by atoms with Gasteiger partial charge in [0, 0.05) is 38.9 Å². The van der Waals surface area contributed by atoms with Crippen LogP contribution < -0.4 is 5.73 Å². The van der Waals surface area contributed by atoms with Gasteiger partial charge in [0.25, 0.3) is 0 Å². The molecule has 2 N–H and O–H groups in total. The summed E-state index contributed by atoms with van der Waals surface area (Å²) < 4.78 is 10.6. The standard InChI is InChI=1S/C14H30N2O2/c1-12-5-6-14(9-12,11-15)16(7-8-17-3)13(2)10-18-4/h12-13H,5-11,15H2,1-4H3. The zero-order valence-corrected chi connectivity index (χ0v) is 12.4. The Morgan fingerprint density at radius 1 is 1.39 bits per heavy atom. The van der Waals surface area contributed by atoms with E-state index in [2.05, 4.69) is 18.7 Å². The van der Waals surface area contributed by atoms with E-state index in [1.54, 1.807) is 14.2 Å². The molecule has 1 aliphatic rings. The van der Waals surface area contributed by atoms with Crippen LogP contribution in [0.1, 0.15) is 33.1 Å². The van der Waals surface area contributed by atoms with Crippen molar-refractivity contribution in [3.8, 4) is 0 Å². The van der Waals surface area contributed by atoms with Crippen molar-refractivity contribution in [2.24, 2.45) is 11.7 Å². The average molecular weight is 258 g/mol. The molecule has 1 saturated carbocycles. The lowest BCUT2D eigenvalue weighted by atomic mass is 9.92. The number of ether oxygens (including phenoxy) is 2. The summed E-state index contributed by atoms with van der Waals surface area (Å²) in [5.74, 6) is 0.772. The van der Waals surface area contributed by atoms with Gasteiger partial charge >= 0.3 is 0 Å². The van der Waals surface area contributed by atoms with Crippen LogP contribution in [0.25, 0.3) is 0 Å². The topological polar surface area (TPSA) is 47.7 Å². The average Bonchev–Trinajstić information content (AvgIpc) is 2.73. The van der Waals surface area contributed by atoms with Gasteiger partial charge in [-0.3, -0.25) is 4.90 Å². The minimum atomic E-state index is 0.149. The van der Waals surface area contributed by atoms with Crippen molar-refractivity contribution >= 4 is 0 Å². The summed E-state index contributed by atoms with van der Waals surface area (Å²) in [6.07, 6.45) is 3.67. The third kappa shape index (κ3) is 3.67. The molecule has 1 fully saturated rings. The second-order valence-corrected chi connectivity index (χ2v) is 5.77. The van der Waals surface area contributed by atoms with Crippen LogP contribution in [0, 0.1) is 5.92 Å². The largest absolute Gasteiger partial charge is 0.383 e. The normalized spacial score (nSPS) is 30.0. The Bertz CT molecular complexity index is 238. The molecule has 3 atom stereocenters. The lowest BCUT2D eigenvalue weighted by Crippen LogP contribution is -2.57. The Kier molecular flexibility index (Phi) is 6.57. The van der Waals surface area contributed by atoms with E-state index in [1.807, 2.05) is 0 Å². The Labute approximate surface area is 112 Å². The van der Waals surface area contributed by atoms with E-state index in [0.29, 0.717) is 6.04 Å². The van der Waals surface area contributed by atoms with E-state index in [1.165, 1.54) is 19.3 Å². The van der Waals surface area contributed by atoms with Crippen LogP contribution in [0.5, 0.6) is 0 Å². The summed E-state index contributed by atoms with van der Waals surface area (Å²) in [6.45, 7) is 7.72. The number of nitrogens with two attached hydrogens (primary N) is 1. The first kappa shape index (κ1) is 15.9. The number of hydrogen-bond acceptors (Lipinski definition) is 4. The number of methoxy groups -OCH3 is 2. The van der Waals surface area contributed by atoms with Crippen LogP contribution in [-0.4, -0.2) is 57.0 Å². The summed E-state index contributed by atoms with van der Waals surface area (Å²) in [5.41, 5.74) is 6.26. The Morgan fingerprint density at radius 3 is 2.56 bits per heavy atom. The molecule has 0 aromatic rings. The minimum Gasteiger partial charge on any atom is -0.383 e. The second-order valence-electron chi connectivity index (χ2n) is 5.77. The highest BCUT2D eigenvalue weighted by Gasteiger charge is 2.42. The van der Waals surface area contributed by atoms with Gasteiger partial charge in [0.2, 0.25) is 0 Å². The lowest BCUT2D eigenvalue weighted by Gasteiger charge is -2.44. The summed E-state index contributed by atoms with van der Waals surface area (Å²) in [4.78, 5) is 2.52. The van der Waals surface area contributed by atoms with Gasteiger partial charge in [-0.25, -0.2) is 0 Å². The third-order valence-corrected chi connectivity index (χ3v) is 4.30. The highest BCUT2D eigenvalue weighted by atomic mass is 16.5. The van der Waals surface area contributed by atoms with Crippen molar-refractivity contribution < 1.29 is 9.47 Å². The summed E-state index contributed by atoms with van der Waals surface area (Å²) >= 11 is 0. The molecule has 0 spiro atoms. The maximum absolute atomic E-state index is 6.11. The molecule has 0 heterocycles. The first-order chi connectivity index (χ1) is 8.59. The van der Waals surface area contributed by atoms with Gasteiger partial charge in [0.15, 0.2) is 0 Å². The van der Waals surface area contributed by atoms with Gasteiger partial charge in [-0.15, -0.1) is 0 Å². The molecule has 0 aliphatic heterocycles. The van der Waals surface area contributed by atoms with Crippen LogP contribution in [0.2, 0.25) is 0 Å². The molecule has 4 nitrogen and oxygen atoms in total. The first-order valence-corrected chi connectivity index (χ1v) is 7.04. The fraction of sp³-hybridized carbons (Fsp3) is 1.00. The van der Waals surface area contributed by atoms with Crippen molar-refractivity contribution in [3.63, 3.8) is 0 Å². The van der Waals surface area contributed by atoms with E-state index in [4.69, 9.17) is 15.2 Å². The van der Waals surface area contributed by atoms with Crippen LogP contribution in [0.15, 0.2) is 0 Å². The molecule has 4 heteroatoms. The fourth-order valence-electron chi connectivity index (χ4n) is 3.38. The van der Waals surface area contributed by atoms with E-state index in [0.717, 1.165) is 32.2 Å². The lowest BCUT2D eigenvalue weighted by molar-refractivity contribution is 0.000546. The van der Waals surface area contributed by atoms with Crippen molar-refractivity contribution in [1.82, 2.24) is 4.90 Å². The fourth-order valence-corrected chi connectivity index (χ4v) is 3.38. The molecule has 3 unspecified atom stereocenters. The summed E-state index contributed by atoms with van der Waals surface area (Å²) in [6, 6.07) is 0.388. The molecule has 0 aromatic heterocycles. The third-order valence-electron chi connectivity index (χ3n) is 4.30. The van der Waals surface area contributed by atoms with E-state index < -0.39 is 0 Å². The quantitative estimate of drug-likeness (QED) is 0.716. The summed E-state index contributed by atoms with van der Waals surface area (Å²) in [7, 11) is 3.52. The molecule has 0 bridgehead atoms. The number of nitrogens with zero attached hydrogens (tertiary/aromatic N) is 1. The number of rotatable bonds is 8. The Hall–Kier alpha value is -0.160. The van der Waals surface area contributed by atoms with Crippen LogP contribution in [-0.2, 0) is 9.47 Å². The van der Waals surface area contributed by atoms with Crippen molar-refractivity contribution in [1.29, 1.82) is 0 Å². The van der Waals surface area contributed by atoms with Gasteiger partial charge in [-0.05, 0) is 32.1 Å². The van der Waals surface area contributed by atoms with Gasteiger partial charge < -0.3 is 15.2 Å². The Balaban J connectivity index is 2.78. The van der Waals surface area contributed by atoms with E-state index >= 15 is 0 Å². The van der Waals surface area contributed by atoms with Crippen LogP contribution in [0.3, 0.4) is 0 Å². The molecule has 0 amide bonds. The van der Waals surface area contributed by atoms with Crippen molar-refractivity contribution in [3.05, 3.63) is 0 Å². The van der Waals surface area contributed by atoms with Crippen molar-refractivity contribution in [2.45, 2.75) is 44.7 Å². The maximum Gasteiger partial charge on any atom is 0.0615 e. The van der Waals surface area contributed by atoms with Crippen molar-refractivity contribution in [2.75, 3.05) is 40.5 Å². The highest BCUT2D eigenvalue weighted by molar-refractivity contribution is 4.99. The predicted molar refractivity (Wildman–Crippen MR) is 74.7 cm³/mol. The van der Waals surface area contributed by atoms with Gasteiger partial charge in [0.1, 0.15) is 0 Å². The molecule has 1 aliphatic carbocycles. The molecule has 0 aromatic carbocycles. The molecule has 0 radical (unpaired) electrons. The predicted octanol–water partition coefficient (Wildman–Crippen LogP) is 1.49. The van der Waals surface area contributed by atoms with Gasteiger partial charge in [-0.2, -0.15) is 0 Å². The SMILES string of the molecule is COCCN(C(C)COC)C1(CN)CCC(C)C1. The monoisotopic (exact) mass is 258 g/mol. The Morgan fingerprint density at radius 2 is 2.11 bits per heavy atom. The van der Waals surface area contributed by atoms with Crippen LogP contribution >= 0.6 is 0 Å². The molecule has 18 heavy (non-hydrogen) atoms. The van der Waals surface area contributed by atoms with E-state index in [9.17, 15) is 0 Å². The van der Waals surface area contributed by atoms with Gasteiger partial charge in [0.05, 0.1) is 13.2 Å². The molecule has 0 saturated heterocycles. The smallest absolute Gasteiger partial charge is 0.0615 e. The highest BCUT2D eigenvalue weighted by Crippen LogP contribution is 2.39. The second kappa shape index (κ2) is 7.43. The first-order valence-electron chi connectivity index (χ1n) is 7.04.